The van der Waals surface area contributed by atoms with Crippen LogP contribution in [0.1, 0.15) is 51.5 Å². The van der Waals surface area contributed by atoms with Crippen LogP contribution in [-0.2, 0) is 9.59 Å². The summed E-state index contributed by atoms with van der Waals surface area (Å²) in [6.45, 7) is 5.88. The van der Waals surface area contributed by atoms with Gasteiger partial charge in [0.25, 0.3) is 0 Å². The summed E-state index contributed by atoms with van der Waals surface area (Å²) in [5.74, 6) is 0.487. The summed E-state index contributed by atoms with van der Waals surface area (Å²) in [4.78, 5) is 27.1. The van der Waals surface area contributed by atoms with Crippen molar-refractivity contribution in [2.24, 2.45) is 5.10 Å². The van der Waals surface area contributed by atoms with Gasteiger partial charge in [-0.05, 0) is 56.5 Å². The van der Waals surface area contributed by atoms with Gasteiger partial charge in [0.15, 0.2) is 0 Å². The molecule has 0 saturated carbocycles. The molecule has 0 bridgehead atoms. The fourth-order valence-electron chi connectivity index (χ4n) is 4.15. The fraction of sp³-hybridized carbons (Fsp3) is 0.591. The van der Waals surface area contributed by atoms with Crippen molar-refractivity contribution >= 4 is 17.5 Å². The third-order valence-corrected chi connectivity index (χ3v) is 5.89. The molecule has 0 spiro atoms. The predicted molar refractivity (Wildman–Crippen MR) is 113 cm³/mol. The highest BCUT2D eigenvalue weighted by atomic mass is 16.5. The highest BCUT2D eigenvalue weighted by molar-refractivity contribution is 6.04. The predicted octanol–water partition coefficient (Wildman–Crippen LogP) is 2.40. The van der Waals surface area contributed by atoms with Crippen LogP contribution in [0.3, 0.4) is 0 Å². The molecule has 158 valence electrons. The molecule has 1 N–H and O–H groups in total. The minimum atomic E-state index is -0.171. The maximum Gasteiger partial charge on any atom is 0.243 e. The summed E-state index contributed by atoms with van der Waals surface area (Å²) < 4.78 is 5.18. The summed E-state index contributed by atoms with van der Waals surface area (Å²) in [6, 6.07) is 8.69. The van der Waals surface area contributed by atoms with Crippen LogP contribution in [0.4, 0.5) is 0 Å². The van der Waals surface area contributed by atoms with Gasteiger partial charge in [0.05, 0.1) is 12.8 Å². The molecule has 2 aliphatic heterocycles. The SMILES string of the molecule is COc1ccc(C2=NN(CC(=O)NCCN3[C@H](C)CCC[C@@H]3C)C(=O)CC2)cc1. The maximum absolute atomic E-state index is 12.4. The number of carbonyl (C=O) groups is 2. The minimum absolute atomic E-state index is 0.0381. The van der Waals surface area contributed by atoms with Gasteiger partial charge >= 0.3 is 0 Å². The molecule has 3 rings (SSSR count). The van der Waals surface area contributed by atoms with Crippen LogP contribution in [0.5, 0.6) is 5.75 Å². The van der Waals surface area contributed by atoms with Crippen LogP contribution in [0.15, 0.2) is 29.4 Å². The second-order valence-electron chi connectivity index (χ2n) is 7.94. The number of hydrogen-bond donors (Lipinski definition) is 1. The number of likely N-dealkylation sites (tertiary alicyclic amines) is 1. The van der Waals surface area contributed by atoms with Gasteiger partial charge in [0, 0.05) is 38.0 Å². The van der Waals surface area contributed by atoms with E-state index in [2.05, 4.69) is 29.2 Å². The first-order valence-electron chi connectivity index (χ1n) is 10.5. The zero-order chi connectivity index (χ0) is 20.8. The van der Waals surface area contributed by atoms with Gasteiger partial charge in [0.2, 0.25) is 11.8 Å². The Kier molecular flexibility index (Phi) is 7.25. The van der Waals surface area contributed by atoms with Crippen molar-refractivity contribution < 1.29 is 14.3 Å². The summed E-state index contributed by atoms with van der Waals surface area (Å²) in [6.07, 6.45) is 4.64. The molecular weight excluding hydrogens is 368 g/mol. The maximum atomic E-state index is 12.4. The zero-order valence-electron chi connectivity index (χ0n) is 17.7. The lowest BCUT2D eigenvalue weighted by molar-refractivity contribution is -0.136. The van der Waals surface area contributed by atoms with Gasteiger partial charge in [-0.3, -0.25) is 14.5 Å². The van der Waals surface area contributed by atoms with Gasteiger partial charge < -0.3 is 10.1 Å². The van der Waals surface area contributed by atoms with Gasteiger partial charge in [-0.25, -0.2) is 5.01 Å². The number of benzene rings is 1. The Balaban J connectivity index is 1.53. The van der Waals surface area contributed by atoms with Crippen LogP contribution < -0.4 is 10.1 Å². The normalized spacial score (nSPS) is 22.9. The average molecular weight is 401 g/mol. The number of methoxy groups -OCH3 is 1. The molecule has 7 nitrogen and oxygen atoms in total. The molecule has 7 heteroatoms. The van der Waals surface area contributed by atoms with Crippen molar-refractivity contribution in [1.82, 2.24) is 15.2 Å². The summed E-state index contributed by atoms with van der Waals surface area (Å²) >= 11 is 0. The van der Waals surface area contributed by atoms with E-state index in [1.807, 2.05) is 24.3 Å². The first-order valence-corrected chi connectivity index (χ1v) is 10.5. The lowest BCUT2D eigenvalue weighted by Crippen LogP contribution is -2.48. The van der Waals surface area contributed by atoms with Gasteiger partial charge in [-0.1, -0.05) is 6.42 Å². The van der Waals surface area contributed by atoms with Crippen molar-refractivity contribution in [3.63, 3.8) is 0 Å². The number of nitrogens with zero attached hydrogens (tertiary/aromatic N) is 3. The number of piperidine rings is 1. The van der Waals surface area contributed by atoms with E-state index in [9.17, 15) is 9.59 Å². The van der Waals surface area contributed by atoms with E-state index in [4.69, 9.17) is 4.74 Å². The molecule has 1 aromatic rings. The first-order chi connectivity index (χ1) is 14.0. The van der Waals surface area contributed by atoms with Gasteiger partial charge in [0.1, 0.15) is 12.3 Å². The smallest absolute Gasteiger partial charge is 0.243 e. The Bertz CT molecular complexity index is 737. The number of amides is 2. The Morgan fingerprint density at radius 2 is 1.86 bits per heavy atom. The highest BCUT2D eigenvalue weighted by Crippen LogP contribution is 2.21. The van der Waals surface area contributed by atoms with E-state index in [0.29, 0.717) is 31.5 Å². The molecule has 1 aromatic carbocycles. The first kappa shape index (κ1) is 21.3. The number of nitrogens with one attached hydrogen (secondary N) is 1. The second-order valence-corrected chi connectivity index (χ2v) is 7.94. The Hall–Kier alpha value is -2.41. The molecule has 2 aliphatic rings. The van der Waals surface area contributed by atoms with E-state index >= 15 is 0 Å². The monoisotopic (exact) mass is 400 g/mol. The Morgan fingerprint density at radius 3 is 2.52 bits per heavy atom. The van der Waals surface area contributed by atoms with Crippen LogP contribution in [0.25, 0.3) is 0 Å². The van der Waals surface area contributed by atoms with E-state index in [0.717, 1.165) is 23.6 Å². The molecule has 2 amide bonds. The van der Waals surface area contributed by atoms with Crippen LogP contribution >= 0.6 is 0 Å². The summed E-state index contributed by atoms with van der Waals surface area (Å²) in [5, 5.41) is 8.68. The zero-order valence-corrected chi connectivity index (χ0v) is 17.7. The standard InChI is InChI=1S/C22H32N4O3/c1-16-5-4-6-17(2)25(16)14-13-23-21(27)15-26-22(28)12-11-20(24-26)18-7-9-19(29-3)10-8-18/h7-10,16-17H,4-6,11-15H2,1-3H3,(H,23,27)/t16-,17+. The van der Waals surface area contributed by atoms with E-state index in [1.165, 1.54) is 24.3 Å². The summed E-state index contributed by atoms with van der Waals surface area (Å²) in [7, 11) is 1.62. The lowest BCUT2D eigenvalue weighted by atomic mass is 9.98. The van der Waals surface area contributed by atoms with E-state index in [1.54, 1.807) is 7.11 Å². The van der Waals surface area contributed by atoms with Crippen LogP contribution in [-0.4, -0.2) is 66.3 Å². The Labute approximate surface area is 173 Å². The van der Waals surface area contributed by atoms with E-state index in [-0.39, 0.29) is 18.4 Å². The average Bonchev–Trinajstić information content (AvgIpc) is 2.72. The summed E-state index contributed by atoms with van der Waals surface area (Å²) in [5.41, 5.74) is 1.76. The minimum Gasteiger partial charge on any atom is -0.497 e. The van der Waals surface area contributed by atoms with Crippen molar-refractivity contribution in [1.29, 1.82) is 0 Å². The number of hydrazone groups is 1. The topological polar surface area (TPSA) is 74.2 Å². The number of hydrogen-bond acceptors (Lipinski definition) is 5. The molecule has 0 aromatic heterocycles. The van der Waals surface area contributed by atoms with Gasteiger partial charge in [-0.2, -0.15) is 5.10 Å². The molecule has 2 atom stereocenters. The molecule has 0 radical (unpaired) electrons. The van der Waals surface area contributed by atoms with Crippen LogP contribution in [0.2, 0.25) is 0 Å². The fourth-order valence-corrected chi connectivity index (χ4v) is 4.15. The van der Waals surface area contributed by atoms with Crippen LogP contribution in [0, 0.1) is 0 Å². The lowest BCUT2D eigenvalue weighted by Gasteiger charge is -2.39. The van der Waals surface area contributed by atoms with Crippen molar-refractivity contribution in [3.05, 3.63) is 29.8 Å². The third-order valence-electron chi connectivity index (χ3n) is 5.89. The number of rotatable bonds is 7. The Morgan fingerprint density at radius 1 is 1.17 bits per heavy atom. The molecule has 0 unspecified atom stereocenters. The molecule has 0 aliphatic carbocycles. The number of carbonyl (C=O) groups excluding carboxylic acids is 2. The van der Waals surface area contributed by atoms with Crippen molar-refractivity contribution in [3.8, 4) is 5.75 Å². The largest absolute Gasteiger partial charge is 0.497 e. The quantitative estimate of drug-likeness (QED) is 0.763. The van der Waals surface area contributed by atoms with Gasteiger partial charge in [-0.15, -0.1) is 0 Å². The molecule has 1 saturated heterocycles. The molecule has 2 heterocycles. The second kappa shape index (κ2) is 9.87. The third kappa shape index (κ3) is 5.56. The molecular formula is C22H32N4O3. The molecule has 1 fully saturated rings. The van der Waals surface area contributed by atoms with E-state index < -0.39 is 0 Å². The number of ether oxygens (including phenoxy) is 1. The highest BCUT2D eigenvalue weighted by Gasteiger charge is 2.25. The molecule has 29 heavy (non-hydrogen) atoms. The van der Waals surface area contributed by atoms with Crippen molar-refractivity contribution in [2.45, 2.75) is 58.0 Å². The van der Waals surface area contributed by atoms with Crippen molar-refractivity contribution in [2.75, 3.05) is 26.7 Å².